The highest BCUT2D eigenvalue weighted by Gasteiger charge is 2.00. The van der Waals surface area contributed by atoms with Crippen molar-refractivity contribution in [1.29, 1.82) is 0 Å². The quantitative estimate of drug-likeness (QED) is 0.564. The molecular formula is C10H18BrN3O. The van der Waals surface area contributed by atoms with Gasteiger partial charge < -0.3 is 4.74 Å². The largest absolute Gasteiger partial charge is 0.379 e. The molecule has 0 spiro atoms. The van der Waals surface area contributed by atoms with Crippen molar-refractivity contribution in [3.8, 4) is 0 Å². The molecule has 0 N–H and O–H groups in total. The lowest BCUT2D eigenvalue weighted by Crippen LogP contribution is -2.09. The molecule has 15 heavy (non-hydrogen) atoms. The number of hydrogen-bond donors (Lipinski definition) is 0. The van der Waals surface area contributed by atoms with Crippen LogP contribution >= 0.6 is 15.9 Å². The van der Waals surface area contributed by atoms with E-state index >= 15 is 0 Å². The lowest BCUT2D eigenvalue weighted by atomic mass is 10.2. The average molecular weight is 276 g/mol. The predicted octanol–water partition coefficient (Wildman–Crippen LogP) is 1.89. The van der Waals surface area contributed by atoms with Crippen molar-refractivity contribution >= 4 is 15.9 Å². The van der Waals surface area contributed by atoms with E-state index in [0.29, 0.717) is 12.5 Å². The number of hydrogen-bond acceptors (Lipinski definition) is 3. The van der Waals surface area contributed by atoms with Gasteiger partial charge in [-0.15, -0.1) is 5.10 Å². The van der Waals surface area contributed by atoms with Crippen LogP contribution in [0.2, 0.25) is 0 Å². The number of ether oxygens (including phenoxy) is 1. The number of rotatable bonds is 7. The number of halogens is 1. The van der Waals surface area contributed by atoms with Gasteiger partial charge in [-0.25, -0.2) is 4.68 Å². The first kappa shape index (κ1) is 12.6. The van der Waals surface area contributed by atoms with Gasteiger partial charge in [0.05, 0.1) is 18.8 Å². The molecule has 1 aromatic heterocycles. The van der Waals surface area contributed by atoms with E-state index in [1.807, 2.05) is 10.9 Å². The van der Waals surface area contributed by atoms with E-state index in [4.69, 9.17) is 4.74 Å². The van der Waals surface area contributed by atoms with Crippen LogP contribution in [0, 0.1) is 5.92 Å². The summed E-state index contributed by atoms with van der Waals surface area (Å²) in [5.41, 5.74) is 1.02. The van der Waals surface area contributed by atoms with E-state index in [1.54, 1.807) is 0 Å². The van der Waals surface area contributed by atoms with Gasteiger partial charge in [-0.05, 0) is 5.92 Å². The van der Waals surface area contributed by atoms with Crippen LogP contribution in [0.5, 0.6) is 0 Å². The normalized spacial score (nSPS) is 11.2. The van der Waals surface area contributed by atoms with Gasteiger partial charge in [-0.1, -0.05) is 35.0 Å². The first-order chi connectivity index (χ1) is 7.22. The fraction of sp³-hybridized carbons (Fsp3) is 0.800. The molecule has 86 valence electrons. The molecule has 5 heteroatoms. The molecule has 0 saturated carbocycles. The Balaban J connectivity index is 2.19. The van der Waals surface area contributed by atoms with E-state index < -0.39 is 0 Å². The molecular weight excluding hydrogens is 258 g/mol. The summed E-state index contributed by atoms with van der Waals surface area (Å²) in [5.74, 6) is 0.588. The summed E-state index contributed by atoms with van der Waals surface area (Å²) >= 11 is 3.37. The molecule has 4 nitrogen and oxygen atoms in total. The molecule has 0 radical (unpaired) electrons. The second-order valence-corrected chi connectivity index (χ2v) is 4.67. The number of alkyl halides is 1. The van der Waals surface area contributed by atoms with Gasteiger partial charge in [0.15, 0.2) is 0 Å². The molecule has 0 unspecified atom stereocenters. The van der Waals surface area contributed by atoms with E-state index in [1.165, 1.54) is 0 Å². The molecule has 0 saturated heterocycles. The van der Waals surface area contributed by atoms with E-state index in [2.05, 4.69) is 40.1 Å². The topological polar surface area (TPSA) is 39.9 Å². The summed E-state index contributed by atoms with van der Waals surface area (Å²) in [6, 6.07) is 0. The molecule has 1 heterocycles. The maximum atomic E-state index is 5.47. The molecule has 1 rings (SSSR count). The molecule has 0 aromatic carbocycles. The minimum Gasteiger partial charge on any atom is -0.379 e. The third-order valence-electron chi connectivity index (χ3n) is 1.85. The Kier molecular flexibility index (Phi) is 5.86. The van der Waals surface area contributed by atoms with Crippen molar-refractivity contribution in [2.75, 3.05) is 18.5 Å². The van der Waals surface area contributed by atoms with Gasteiger partial charge in [0, 0.05) is 24.6 Å². The van der Waals surface area contributed by atoms with E-state index in [-0.39, 0.29) is 0 Å². The van der Waals surface area contributed by atoms with Gasteiger partial charge in [-0.2, -0.15) is 0 Å². The molecule has 0 atom stereocenters. The minimum absolute atomic E-state index is 0.588. The Morgan fingerprint density at radius 3 is 3.00 bits per heavy atom. The Bertz CT molecular complexity index is 275. The third-order valence-corrected chi connectivity index (χ3v) is 2.25. The third kappa shape index (κ3) is 5.28. The molecule has 1 aromatic rings. The highest BCUT2D eigenvalue weighted by molar-refractivity contribution is 9.09. The maximum absolute atomic E-state index is 5.47. The lowest BCUT2D eigenvalue weighted by Gasteiger charge is -2.05. The molecule has 0 aliphatic rings. The zero-order chi connectivity index (χ0) is 11.1. The van der Waals surface area contributed by atoms with Crippen LogP contribution in [-0.2, 0) is 17.7 Å². The fourth-order valence-corrected chi connectivity index (χ4v) is 1.54. The standard InChI is InChI=1S/C10H18BrN3O/c1-9(2)8-15-6-5-14-7-10(3-4-11)12-13-14/h7,9H,3-6,8H2,1-2H3. The molecule has 0 aliphatic heterocycles. The van der Waals surface area contributed by atoms with Crippen molar-refractivity contribution in [2.45, 2.75) is 26.8 Å². The second kappa shape index (κ2) is 6.95. The first-order valence-corrected chi connectivity index (χ1v) is 6.37. The zero-order valence-electron chi connectivity index (χ0n) is 9.32. The van der Waals surface area contributed by atoms with Crippen LogP contribution in [-0.4, -0.2) is 33.5 Å². The number of aromatic nitrogens is 3. The minimum atomic E-state index is 0.588. The van der Waals surface area contributed by atoms with Gasteiger partial charge >= 0.3 is 0 Å². The molecule has 0 fully saturated rings. The Morgan fingerprint density at radius 1 is 1.53 bits per heavy atom. The van der Waals surface area contributed by atoms with Crippen LogP contribution in [0.25, 0.3) is 0 Å². The van der Waals surface area contributed by atoms with Gasteiger partial charge in [0.25, 0.3) is 0 Å². The highest BCUT2D eigenvalue weighted by atomic mass is 79.9. The highest BCUT2D eigenvalue weighted by Crippen LogP contribution is 1.98. The fourth-order valence-electron chi connectivity index (χ4n) is 1.14. The van der Waals surface area contributed by atoms with Gasteiger partial charge in [-0.3, -0.25) is 0 Å². The summed E-state index contributed by atoms with van der Waals surface area (Å²) in [7, 11) is 0. The number of nitrogens with zero attached hydrogens (tertiary/aromatic N) is 3. The van der Waals surface area contributed by atoms with Gasteiger partial charge in [0.1, 0.15) is 0 Å². The molecule has 0 amide bonds. The zero-order valence-corrected chi connectivity index (χ0v) is 10.9. The van der Waals surface area contributed by atoms with Gasteiger partial charge in [0.2, 0.25) is 0 Å². The summed E-state index contributed by atoms with van der Waals surface area (Å²) < 4.78 is 7.30. The number of aryl methyl sites for hydroxylation is 1. The SMILES string of the molecule is CC(C)COCCn1cc(CCBr)nn1. The van der Waals surface area contributed by atoms with Crippen molar-refractivity contribution in [3.63, 3.8) is 0 Å². The van der Waals surface area contributed by atoms with E-state index in [9.17, 15) is 0 Å². The molecule has 0 aliphatic carbocycles. The van der Waals surface area contributed by atoms with Crippen LogP contribution in [0.1, 0.15) is 19.5 Å². The smallest absolute Gasteiger partial charge is 0.0835 e. The van der Waals surface area contributed by atoms with E-state index in [0.717, 1.165) is 30.6 Å². The Morgan fingerprint density at radius 2 is 2.33 bits per heavy atom. The van der Waals surface area contributed by atoms with Crippen molar-refractivity contribution in [2.24, 2.45) is 5.92 Å². The summed E-state index contributed by atoms with van der Waals surface area (Å²) in [5, 5.41) is 8.99. The molecule has 0 bridgehead atoms. The summed E-state index contributed by atoms with van der Waals surface area (Å²) in [6.45, 7) is 6.58. The van der Waals surface area contributed by atoms with Crippen LogP contribution < -0.4 is 0 Å². The Hall–Kier alpha value is -0.420. The monoisotopic (exact) mass is 275 g/mol. The first-order valence-electron chi connectivity index (χ1n) is 5.25. The van der Waals surface area contributed by atoms with Crippen LogP contribution in [0.3, 0.4) is 0 Å². The average Bonchev–Trinajstić information content (AvgIpc) is 2.61. The predicted molar refractivity (Wildman–Crippen MR) is 63.2 cm³/mol. The summed E-state index contributed by atoms with van der Waals surface area (Å²) in [6.07, 6.45) is 2.90. The van der Waals surface area contributed by atoms with Crippen LogP contribution in [0.15, 0.2) is 6.20 Å². The van der Waals surface area contributed by atoms with Crippen LogP contribution in [0.4, 0.5) is 0 Å². The van der Waals surface area contributed by atoms with Crippen molar-refractivity contribution in [1.82, 2.24) is 15.0 Å². The second-order valence-electron chi connectivity index (χ2n) is 3.88. The van der Waals surface area contributed by atoms with Crippen molar-refractivity contribution in [3.05, 3.63) is 11.9 Å². The maximum Gasteiger partial charge on any atom is 0.0835 e. The van der Waals surface area contributed by atoms with Crippen molar-refractivity contribution < 1.29 is 4.74 Å². The Labute approximate surface area is 99.1 Å². The summed E-state index contributed by atoms with van der Waals surface area (Å²) in [4.78, 5) is 0. The lowest BCUT2D eigenvalue weighted by molar-refractivity contribution is 0.101.